The van der Waals surface area contributed by atoms with Crippen LogP contribution in [-0.4, -0.2) is 65.9 Å². The highest BCUT2D eigenvalue weighted by Gasteiger charge is 2.20. The van der Waals surface area contributed by atoms with Gasteiger partial charge in [0.05, 0.1) is 13.7 Å². The zero-order valence-corrected chi connectivity index (χ0v) is 18.1. The first kappa shape index (κ1) is 20.7. The number of aromatic nitrogens is 3. The van der Waals surface area contributed by atoms with E-state index in [1.807, 2.05) is 24.3 Å². The summed E-state index contributed by atoms with van der Waals surface area (Å²) in [7, 11) is 1.69. The normalized spacial score (nSPS) is 14.6. The average molecular weight is 420 g/mol. The SMILES string of the molecule is CCNC(=NCc1cccc(-c2ncn[nH]2)c1)N1CCN(c2ccc(OC)cc2)CC1. The summed E-state index contributed by atoms with van der Waals surface area (Å²) in [6.07, 6.45) is 1.52. The second-order valence-corrected chi connectivity index (χ2v) is 7.38. The van der Waals surface area contributed by atoms with Crippen molar-refractivity contribution in [2.45, 2.75) is 13.5 Å². The van der Waals surface area contributed by atoms with Crippen LogP contribution in [-0.2, 0) is 6.54 Å². The number of nitrogens with one attached hydrogen (secondary N) is 2. The standard InChI is InChI=1S/C23H29N7O/c1-3-24-23(25-16-18-5-4-6-19(15-18)22-26-17-27-28-22)30-13-11-29(12-14-30)20-7-9-21(31-2)10-8-20/h4-10,15,17H,3,11-14,16H2,1-2H3,(H,24,25)(H,26,27,28). The molecule has 0 atom stereocenters. The lowest BCUT2D eigenvalue weighted by Gasteiger charge is -2.37. The highest BCUT2D eigenvalue weighted by atomic mass is 16.5. The average Bonchev–Trinajstić information content (AvgIpc) is 3.37. The molecular weight excluding hydrogens is 390 g/mol. The third-order valence-electron chi connectivity index (χ3n) is 5.38. The van der Waals surface area contributed by atoms with E-state index in [2.05, 4.69) is 61.5 Å². The lowest BCUT2D eigenvalue weighted by molar-refractivity contribution is 0.372. The first-order valence-corrected chi connectivity index (χ1v) is 10.6. The fourth-order valence-corrected chi connectivity index (χ4v) is 3.72. The molecule has 3 aromatic rings. The number of guanidine groups is 1. The van der Waals surface area contributed by atoms with Crippen LogP contribution in [0.1, 0.15) is 12.5 Å². The zero-order valence-electron chi connectivity index (χ0n) is 18.1. The van der Waals surface area contributed by atoms with Gasteiger partial charge in [-0.05, 0) is 42.8 Å². The van der Waals surface area contributed by atoms with Gasteiger partial charge < -0.3 is 19.9 Å². The third-order valence-corrected chi connectivity index (χ3v) is 5.38. The molecule has 1 fully saturated rings. The predicted octanol–water partition coefficient (Wildman–Crippen LogP) is 2.77. The fraction of sp³-hybridized carbons (Fsp3) is 0.348. The molecule has 0 saturated carbocycles. The minimum absolute atomic E-state index is 0.614. The number of ether oxygens (including phenoxy) is 1. The number of nitrogens with zero attached hydrogens (tertiary/aromatic N) is 5. The van der Waals surface area contributed by atoms with E-state index in [-0.39, 0.29) is 0 Å². The number of piperazine rings is 1. The minimum Gasteiger partial charge on any atom is -0.497 e. The molecule has 0 bridgehead atoms. The van der Waals surface area contributed by atoms with Gasteiger partial charge in [-0.1, -0.05) is 18.2 Å². The number of rotatable bonds is 6. The Morgan fingerprint density at radius 1 is 1.13 bits per heavy atom. The van der Waals surface area contributed by atoms with Gasteiger partial charge in [0.15, 0.2) is 11.8 Å². The Morgan fingerprint density at radius 2 is 1.94 bits per heavy atom. The Balaban J connectivity index is 1.40. The Labute approximate surface area is 183 Å². The Bertz CT molecular complexity index is 977. The van der Waals surface area contributed by atoms with E-state index in [1.54, 1.807) is 7.11 Å². The summed E-state index contributed by atoms with van der Waals surface area (Å²) in [5.41, 5.74) is 3.39. The molecule has 1 aliphatic rings. The largest absolute Gasteiger partial charge is 0.497 e. The third kappa shape index (κ3) is 5.14. The van der Waals surface area contributed by atoms with Crippen molar-refractivity contribution in [3.05, 3.63) is 60.4 Å². The molecule has 0 amide bonds. The Kier molecular flexibility index (Phi) is 6.66. The highest BCUT2D eigenvalue weighted by molar-refractivity contribution is 5.80. The molecule has 1 saturated heterocycles. The van der Waals surface area contributed by atoms with Gasteiger partial charge in [-0.2, -0.15) is 5.10 Å². The lowest BCUT2D eigenvalue weighted by Crippen LogP contribution is -2.52. The van der Waals surface area contributed by atoms with Crippen molar-refractivity contribution in [2.24, 2.45) is 4.99 Å². The summed E-state index contributed by atoms with van der Waals surface area (Å²) in [4.78, 5) is 13.9. The smallest absolute Gasteiger partial charge is 0.194 e. The van der Waals surface area contributed by atoms with Crippen molar-refractivity contribution >= 4 is 11.6 Å². The molecule has 162 valence electrons. The zero-order chi connectivity index (χ0) is 21.5. The molecular formula is C23H29N7O. The number of methoxy groups -OCH3 is 1. The van der Waals surface area contributed by atoms with Crippen LogP contribution < -0.4 is 15.0 Å². The summed E-state index contributed by atoms with van der Waals surface area (Å²) in [6, 6.07) is 16.5. The molecule has 2 aromatic carbocycles. The van der Waals surface area contributed by atoms with Gasteiger partial charge >= 0.3 is 0 Å². The monoisotopic (exact) mass is 419 g/mol. The van der Waals surface area contributed by atoms with Crippen LogP contribution >= 0.6 is 0 Å². The van der Waals surface area contributed by atoms with Crippen LogP contribution in [0.25, 0.3) is 11.4 Å². The van der Waals surface area contributed by atoms with Crippen LogP contribution in [0.2, 0.25) is 0 Å². The Hall–Kier alpha value is -3.55. The molecule has 0 aliphatic carbocycles. The van der Waals surface area contributed by atoms with E-state index >= 15 is 0 Å². The Morgan fingerprint density at radius 3 is 2.61 bits per heavy atom. The van der Waals surface area contributed by atoms with Crippen LogP contribution in [0.5, 0.6) is 5.75 Å². The maximum Gasteiger partial charge on any atom is 0.194 e. The van der Waals surface area contributed by atoms with Gasteiger partial charge in [-0.25, -0.2) is 9.98 Å². The molecule has 1 aromatic heterocycles. The second kappa shape index (κ2) is 9.97. The van der Waals surface area contributed by atoms with Gasteiger partial charge in [-0.3, -0.25) is 5.10 Å². The number of benzene rings is 2. The van der Waals surface area contributed by atoms with E-state index in [9.17, 15) is 0 Å². The number of hydrogen-bond donors (Lipinski definition) is 2. The van der Waals surface area contributed by atoms with Crippen molar-refractivity contribution in [3.8, 4) is 17.1 Å². The van der Waals surface area contributed by atoms with Gasteiger partial charge in [0.1, 0.15) is 12.1 Å². The van der Waals surface area contributed by atoms with E-state index in [4.69, 9.17) is 9.73 Å². The summed E-state index contributed by atoms with van der Waals surface area (Å²) >= 11 is 0. The van der Waals surface area contributed by atoms with Gasteiger partial charge in [0, 0.05) is 44.0 Å². The summed E-state index contributed by atoms with van der Waals surface area (Å²) in [5.74, 6) is 2.62. The molecule has 2 heterocycles. The van der Waals surface area contributed by atoms with Gasteiger partial charge in [0.2, 0.25) is 0 Å². The van der Waals surface area contributed by atoms with Crippen LogP contribution in [0.4, 0.5) is 5.69 Å². The summed E-state index contributed by atoms with van der Waals surface area (Å²) in [5, 5.41) is 10.3. The van der Waals surface area contributed by atoms with Gasteiger partial charge in [0.25, 0.3) is 0 Å². The van der Waals surface area contributed by atoms with E-state index in [0.29, 0.717) is 6.54 Å². The van der Waals surface area contributed by atoms with Crippen LogP contribution in [0, 0.1) is 0 Å². The van der Waals surface area contributed by atoms with Crippen molar-refractivity contribution in [1.82, 2.24) is 25.4 Å². The fourth-order valence-electron chi connectivity index (χ4n) is 3.72. The summed E-state index contributed by atoms with van der Waals surface area (Å²) in [6.45, 7) is 7.33. The molecule has 0 spiro atoms. The van der Waals surface area contributed by atoms with E-state index < -0.39 is 0 Å². The van der Waals surface area contributed by atoms with Crippen molar-refractivity contribution in [2.75, 3.05) is 44.7 Å². The second-order valence-electron chi connectivity index (χ2n) is 7.38. The predicted molar refractivity (Wildman–Crippen MR) is 123 cm³/mol. The number of H-pyrrole nitrogens is 1. The van der Waals surface area contributed by atoms with E-state index in [1.165, 1.54) is 12.0 Å². The number of aliphatic imine (C=N–C) groups is 1. The molecule has 8 nitrogen and oxygen atoms in total. The van der Waals surface area contributed by atoms with E-state index in [0.717, 1.165) is 61.4 Å². The molecule has 8 heteroatoms. The first-order valence-electron chi connectivity index (χ1n) is 10.6. The molecule has 2 N–H and O–H groups in total. The quantitative estimate of drug-likeness (QED) is 0.472. The number of hydrogen-bond acceptors (Lipinski definition) is 5. The first-order chi connectivity index (χ1) is 15.3. The topological polar surface area (TPSA) is 81.7 Å². The molecule has 31 heavy (non-hydrogen) atoms. The molecule has 0 unspecified atom stereocenters. The maximum atomic E-state index is 5.26. The molecule has 1 aliphatic heterocycles. The minimum atomic E-state index is 0.614. The van der Waals surface area contributed by atoms with Crippen LogP contribution in [0.15, 0.2) is 59.9 Å². The number of aromatic amines is 1. The maximum absolute atomic E-state index is 5.26. The van der Waals surface area contributed by atoms with Crippen LogP contribution in [0.3, 0.4) is 0 Å². The van der Waals surface area contributed by atoms with Crippen molar-refractivity contribution < 1.29 is 4.74 Å². The highest BCUT2D eigenvalue weighted by Crippen LogP contribution is 2.21. The number of anilines is 1. The summed E-state index contributed by atoms with van der Waals surface area (Å²) < 4.78 is 5.26. The molecule has 0 radical (unpaired) electrons. The van der Waals surface area contributed by atoms with Crippen molar-refractivity contribution in [1.29, 1.82) is 0 Å². The molecule has 4 rings (SSSR count). The van der Waals surface area contributed by atoms with Crippen molar-refractivity contribution in [3.63, 3.8) is 0 Å². The van der Waals surface area contributed by atoms with Gasteiger partial charge in [-0.15, -0.1) is 0 Å². The lowest BCUT2D eigenvalue weighted by atomic mass is 10.1.